The molecule has 2 aromatic carbocycles. The minimum absolute atomic E-state index is 0. The molecule has 74 valence electrons. The summed E-state index contributed by atoms with van der Waals surface area (Å²) in [7, 11) is 0. The summed E-state index contributed by atoms with van der Waals surface area (Å²) < 4.78 is 0. The lowest BCUT2D eigenvalue weighted by Gasteiger charge is -2.17. The van der Waals surface area contributed by atoms with Crippen LogP contribution in [0.5, 0.6) is 0 Å². The summed E-state index contributed by atoms with van der Waals surface area (Å²) in [6.07, 6.45) is 0. The smallest absolute Gasteiger partial charge is 0.0262 e. The summed E-state index contributed by atoms with van der Waals surface area (Å²) in [5.74, 6) is 0. The van der Waals surface area contributed by atoms with Crippen LogP contribution in [0.2, 0.25) is 0 Å². The topological polar surface area (TPSA) is 0 Å². The zero-order valence-corrected chi connectivity index (χ0v) is 10.3. The summed E-state index contributed by atoms with van der Waals surface area (Å²) >= 11 is 3.72. The molecular weight excluding hydrogens is 240 g/mol. The van der Waals surface area contributed by atoms with Gasteiger partial charge >= 0.3 is 0 Å². The van der Waals surface area contributed by atoms with Gasteiger partial charge < -0.3 is 0 Å². The Hall–Kier alpha value is -0.510. The van der Waals surface area contributed by atoms with Crippen LogP contribution >= 0.6 is 37.0 Å². The van der Waals surface area contributed by atoms with Crippen molar-refractivity contribution in [2.24, 2.45) is 0 Å². The highest BCUT2D eigenvalue weighted by Crippen LogP contribution is 2.47. The van der Waals surface area contributed by atoms with Crippen molar-refractivity contribution < 1.29 is 0 Å². The maximum Gasteiger partial charge on any atom is 0.0262 e. The van der Waals surface area contributed by atoms with Gasteiger partial charge in [-0.25, -0.2) is 0 Å². The van der Waals surface area contributed by atoms with Crippen molar-refractivity contribution in [2.45, 2.75) is 19.6 Å². The van der Waals surface area contributed by atoms with Crippen LogP contribution in [0.15, 0.2) is 68.1 Å². The average Bonchev–Trinajstić information content (AvgIpc) is 2.26. The predicted octanol–water partition coefficient (Wildman–Crippen LogP) is 4.95. The van der Waals surface area contributed by atoms with Crippen molar-refractivity contribution in [3.05, 3.63) is 48.5 Å². The Balaban J connectivity index is 0.000000853. The number of benzene rings is 2. The molecule has 1 aliphatic heterocycles. The van der Waals surface area contributed by atoms with Crippen molar-refractivity contribution in [3.63, 3.8) is 0 Å². The highest BCUT2D eigenvalue weighted by Gasteiger charge is 2.14. The Morgan fingerprint density at radius 2 is 0.800 bits per heavy atom. The molecule has 3 heteroatoms. The molecule has 0 amide bonds. The average molecular weight is 248 g/mol. The summed E-state index contributed by atoms with van der Waals surface area (Å²) in [5, 5.41) is 0. The molecule has 0 aromatic heterocycles. The van der Waals surface area contributed by atoms with Gasteiger partial charge in [0.2, 0.25) is 0 Å². The Morgan fingerprint density at radius 3 is 1.07 bits per heavy atom. The lowest BCUT2D eigenvalue weighted by Crippen LogP contribution is -1.87. The van der Waals surface area contributed by atoms with Crippen molar-refractivity contribution in [1.29, 1.82) is 0 Å². The second-order valence-corrected chi connectivity index (χ2v) is 5.27. The van der Waals surface area contributed by atoms with Crippen LogP contribution in [0.25, 0.3) is 0 Å². The zero-order chi connectivity index (χ0) is 9.38. The lowest BCUT2D eigenvalue weighted by atomic mass is 10.3. The van der Waals surface area contributed by atoms with E-state index in [0.717, 1.165) is 0 Å². The third-order valence-corrected chi connectivity index (χ3v) is 4.70. The molecule has 3 rings (SSSR count). The first-order valence-electron chi connectivity index (χ1n) is 4.47. The van der Waals surface area contributed by atoms with Gasteiger partial charge in [0.1, 0.15) is 0 Å². The van der Waals surface area contributed by atoms with Crippen LogP contribution in [0.3, 0.4) is 0 Å². The normalized spacial score (nSPS) is 12.3. The van der Waals surface area contributed by atoms with Crippen molar-refractivity contribution in [1.82, 2.24) is 0 Å². The van der Waals surface area contributed by atoms with E-state index in [2.05, 4.69) is 48.5 Å². The van der Waals surface area contributed by atoms with E-state index in [9.17, 15) is 0 Å². The van der Waals surface area contributed by atoms with E-state index in [1.54, 1.807) is 0 Å². The first-order valence-corrected chi connectivity index (χ1v) is 6.10. The quantitative estimate of drug-likeness (QED) is 0.552. The van der Waals surface area contributed by atoms with Crippen LogP contribution in [0, 0.1) is 0 Å². The zero-order valence-electron chi connectivity index (χ0n) is 7.84. The molecule has 0 bridgehead atoms. The molecule has 0 nitrogen and oxygen atoms in total. The molecule has 0 fully saturated rings. The van der Waals surface area contributed by atoms with Gasteiger partial charge in [0, 0.05) is 33.1 Å². The Bertz CT molecular complexity index is 392. The van der Waals surface area contributed by atoms with Crippen LogP contribution in [-0.2, 0) is 0 Å². The summed E-state index contributed by atoms with van der Waals surface area (Å²) in [6, 6.07) is 17.1. The molecule has 0 N–H and O–H groups in total. The number of rotatable bonds is 0. The van der Waals surface area contributed by atoms with Crippen molar-refractivity contribution in [3.8, 4) is 0 Å². The van der Waals surface area contributed by atoms with Gasteiger partial charge in [0.25, 0.3) is 0 Å². The molecule has 1 aliphatic rings. The van der Waals surface area contributed by atoms with Crippen LogP contribution < -0.4 is 0 Å². The molecule has 0 unspecified atom stereocenters. The third kappa shape index (κ3) is 2.05. The Kier molecular flexibility index (Phi) is 3.34. The maximum absolute atomic E-state index is 2.18. The fourth-order valence-electron chi connectivity index (χ4n) is 1.47. The monoisotopic (exact) mass is 248 g/mol. The Morgan fingerprint density at radius 1 is 0.533 bits per heavy atom. The highest BCUT2D eigenvalue weighted by molar-refractivity contribution is 8.05. The van der Waals surface area contributed by atoms with E-state index in [1.807, 2.05) is 23.5 Å². The van der Waals surface area contributed by atoms with E-state index >= 15 is 0 Å². The molecule has 0 aliphatic carbocycles. The number of fused-ring (bicyclic) bond motifs is 2. The lowest BCUT2D eigenvalue weighted by molar-refractivity contribution is 1.16. The van der Waals surface area contributed by atoms with E-state index in [0.29, 0.717) is 0 Å². The van der Waals surface area contributed by atoms with Crippen molar-refractivity contribution >= 4 is 37.0 Å². The van der Waals surface area contributed by atoms with Crippen LogP contribution in [0.4, 0.5) is 0 Å². The van der Waals surface area contributed by atoms with Crippen LogP contribution in [-0.4, -0.2) is 0 Å². The highest BCUT2D eigenvalue weighted by atomic mass is 32.2. The first kappa shape index (κ1) is 11.0. The molecule has 0 saturated heterocycles. The van der Waals surface area contributed by atoms with Gasteiger partial charge in [-0.3, -0.25) is 0 Å². The predicted molar refractivity (Wildman–Crippen MR) is 68.7 cm³/mol. The van der Waals surface area contributed by atoms with E-state index in [4.69, 9.17) is 0 Å². The summed E-state index contributed by atoms with van der Waals surface area (Å²) in [4.78, 5) is 5.49. The first-order chi connectivity index (χ1) is 6.93. The molecule has 2 radical (unpaired) electrons. The van der Waals surface area contributed by atoms with Gasteiger partial charge in [-0.05, 0) is 24.3 Å². The van der Waals surface area contributed by atoms with Gasteiger partial charge in [0.05, 0.1) is 0 Å². The third-order valence-electron chi connectivity index (χ3n) is 2.14. The van der Waals surface area contributed by atoms with Gasteiger partial charge in [0.15, 0.2) is 0 Å². The molecule has 2 aromatic rings. The fraction of sp³-hybridized carbons (Fsp3) is 0. The molecule has 1 heterocycles. The molecule has 0 atom stereocenters. The standard InChI is InChI=1S/C12H8S2.S/c1-2-6-10-9(5-1)13-11-7-3-4-8-12(11)14-10;/h1-8H;. The largest absolute Gasteiger partial charge is 0.0877 e. The SMILES string of the molecule is [S].c1ccc2c(c1)Sc1ccccc1S2. The number of hydrogen-bond acceptors (Lipinski definition) is 2. The van der Waals surface area contributed by atoms with Gasteiger partial charge in [-0.15, -0.1) is 0 Å². The molecule has 0 saturated carbocycles. The van der Waals surface area contributed by atoms with E-state index in [1.165, 1.54) is 19.6 Å². The summed E-state index contributed by atoms with van der Waals surface area (Å²) in [6.45, 7) is 0. The Labute approximate surface area is 105 Å². The van der Waals surface area contributed by atoms with Gasteiger partial charge in [-0.2, -0.15) is 0 Å². The second kappa shape index (κ2) is 4.56. The van der Waals surface area contributed by atoms with E-state index < -0.39 is 0 Å². The number of hydrogen-bond donors (Lipinski definition) is 0. The van der Waals surface area contributed by atoms with E-state index in [-0.39, 0.29) is 13.5 Å². The molecule has 0 spiro atoms. The second-order valence-electron chi connectivity index (χ2n) is 3.10. The molecular formula is C12H8S3. The minimum atomic E-state index is 0. The van der Waals surface area contributed by atoms with Gasteiger partial charge in [-0.1, -0.05) is 47.8 Å². The minimum Gasteiger partial charge on any atom is -0.0877 e. The fourth-order valence-corrected chi connectivity index (χ4v) is 3.71. The summed E-state index contributed by atoms with van der Waals surface area (Å²) in [5.41, 5.74) is 0. The molecule has 15 heavy (non-hydrogen) atoms. The maximum atomic E-state index is 2.18. The van der Waals surface area contributed by atoms with Crippen LogP contribution in [0.1, 0.15) is 0 Å². The van der Waals surface area contributed by atoms with Crippen molar-refractivity contribution in [2.75, 3.05) is 0 Å².